The van der Waals surface area contributed by atoms with Crippen molar-refractivity contribution in [3.05, 3.63) is 107 Å². The summed E-state index contributed by atoms with van der Waals surface area (Å²) in [6.07, 6.45) is 8.50. The molecule has 0 aliphatic rings. The maximum absolute atomic E-state index is 3.02. The number of hydrogen-bond acceptors (Lipinski definition) is 0. The molecule has 0 fully saturated rings. The number of rotatable bonds is 4. The first-order valence-electron chi connectivity index (χ1n) is 7.37. The molecule has 3 aromatic rings. The van der Waals surface area contributed by atoms with Crippen molar-refractivity contribution < 1.29 is 0 Å². The van der Waals surface area contributed by atoms with Crippen molar-refractivity contribution in [1.82, 2.24) is 0 Å². The van der Waals surface area contributed by atoms with Gasteiger partial charge in [0.25, 0.3) is 0 Å². The average Bonchev–Trinajstić information content (AvgIpc) is 2.61. The van der Waals surface area contributed by atoms with Crippen molar-refractivity contribution in [3.63, 3.8) is 0 Å². The van der Waals surface area contributed by atoms with Gasteiger partial charge in [-0.3, -0.25) is 0 Å². The number of hydrogen-bond donors (Lipinski definition) is 0. The zero-order valence-corrected chi connectivity index (χ0v) is 12.3. The second-order valence-corrected chi connectivity index (χ2v) is 5.08. The van der Waals surface area contributed by atoms with E-state index in [0.717, 1.165) is 0 Å². The lowest BCUT2D eigenvalue weighted by Crippen LogP contribution is -1.75. The summed E-state index contributed by atoms with van der Waals surface area (Å²) in [5.74, 6) is 0. The molecule has 0 spiro atoms. The first-order valence-corrected chi connectivity index (χ1v) is 7.37. The molecule has 0 nitrogen and oxygen atoms in total. The van der Waals surface area contributed by atoms with Crippen LogP contribution in [0.1, 0.15) is 22.3 Å². The summed E-state index contributed by atoms with van der Waals surface area (Å²) < 4.78 is 0. The van der Waals surface area contributed by atoms with E-state index in [1.54, 1.807) is 0 Å². The van der Waals surface area contributed by atoms with Gasteiger partial charge in [-0.15, -0.1) is 0 Å². The van der Waals surface area contributed by atoms with Gasteiger partial charge in [-0.25, -0.2) is 0 Å². The van der Waals surface area contributed by atoms with Crippen LogP contribution in [-0.2, 0) is 0 Å². The topological polar surface area (TPSA) is 0 Å². The minimum atomic E-state index is 1.19. The van der Waals surface area contributed by atoms with E-state index in [-0.39, 0.29) is 0 Å². The average molecular weight is 281 g/mol. The second kappa shape index (κ2) is 7.24. The standard InChI is InChI=1S/C22H17/c1-3-7-19(8-4-1)11-13-21-15-17-22(18-16-21)14-12-20-9-5-2-6-10-20/h1,3-18H. The van der Waals surface area contributed by atoms with Crippen LogP contribution >= 0.6 is 0 Å². The Kier molecular flexibility index (Phi) is 4.63. The highest BCUT2D eigenvalue weighted by Gasteiger charge is 1.90. The van der Waals surface area contributed by atoms with Crippen LogP contribution in [0.3, 0.4) is 0 Å². The Morgan fingerprint density at radius 2 is 0.864 bits per heavy atom. The molecular weight excluding hydrogens is 264 g/mol. The van der Waals surface area contributed by atoms with E-state index in [2.05, 4.69) is 78.9 Å². The Labute approximate surface area is 132 Å². The molecule has 0 unspecified atom stereocenters. The smallest absolute Gasteiger partial charge is 0.0184 e. The van der Waals surface area contributed by atoms with Crippen LogP contribution in [0, 0.1) is 6.07 Å². The highest BCUT2D eigenvalue weighted by molar-refractivity contribution is 5.72. The van der Waals surface area contributed by atoms with Crippen molar-refractivity contribution >= 4 is 24.3 Å². The molecule has 0 amide bonds. The molecule has 0 saturated carbocycles. The third-order valence-electron chi connectivity index (χ3n) is 3.42. The van der Waals surface area contributed by atoms with Crippen LogP contribution in [-0.4, -0.2) is 0 Å². The van der Waals surface area contributed by atoms with Gasteiger partial charge < -0.3 is 0 Å². The monoisotopic (exact) mass is 281 g/mol. The highest BCUT2D eigenvalue weighted by Crippen LogP contribution is 2.12. The van der Waals surface area contributed by atoms with E-state index < -0.39 is 0 Å². The largest absolute Gasteiger partial charge is 0.0622 e. The van der Waals surface area contributed by atoms with Gasteiger partial charge in [0, 0.05) is 0 Å². The molecule has 0 aliphatic carbocycles. The summed E-state index contributed by atoms with van der Waals surface area (Å²) in [7, 11) is 0. The normalized spacial score (nSPS) is 11.3. The van der Waals surface area contributed by atoms with Crippen LogP contribution in [0.15, 0.2) is 78.9 Å². The van der Waals surface area contributed by atoms with E-state index in [1.807, 2.05) is 30.3 Å². The molecule has 0 atom stereocenters. The lowest BCUT2D eigenvalue weighted by atomic mass is 10.1. The Morgan fingerprint density at radius 1 is 0.455 bits per heavy atom. The molecule has 105 valence electrons. The van der Waals surface area contributed by atoms with E-state index in [4.69, 9.17) is 0 Å². The summed E-state index contributed by atoms with van der Waals surface area (Å²) in [4.78, 5) is 0. The Bertz CT molecular complexity index is 680. The van der Waals surface area contributed by atoms with Gasteiger partial charge in [0.05, 0.1) is 0 Å². The minimum Gasteiger partial charge on any atom is -0.0622 e. The molecule has 3 aromatic carbocycles. The fourth-order valence-corrected chi connectivity index (χ4v) is 2.18. The molecule has 0 bridgehead atoms. The van der Waals surface area contributed by atoms with Gasteiger partial charge in [-0.05, 0) is 28.3 Å². The van der Waals surface area contributed by atoms with Crippen molar-refractivity contribution in [3.8, 4) is 0 Å². The first-order chi connectivity index (χ1) is 10.9. The Hall–Kier alpha value is -2.86. The van der Waals surface area contributed by atoms with Crippen molar-refractivity contribution in [1.29, 1.82) is 0 Å². The van der Waals surface area contributed by atoms with Crippen molar-refractivity contribution in [2.75, 3.05) is 0 Å². The van der Waals surface area contributed by atoms with Crippen LogP contribution in [0.5, 0.6) is 0 Å². The highest BCUT2D eigenvalue weighted by atomic mass is 14.0. The first kappa shape index (κ1) is 14.1. The van der Waals surface area contributed by atoms with Gasteiger partial charge in [0.1, 0.15) is 0 Å². The zero-order chi connectivity index (χ0) is 15.0. The molecule has 1 radical (unpaired) electrons. The predicted molar refractivity (Wildman–Crippen MR) is 96.0 cm³/mol. The van der Waals surface area contributed by atoms with Gasteiger partial charge in [0.2, 0.25) is 0 Å². The summed E-state index contributed by atoms with van der Waals surface area (Å²) >= 11 is 0. The van der Waals surface area contributed by atoms with Gasteiger partial charge in [-0.2, -0.15) is 0 Å². The van der Waals surface area contributed by atoms with Crippen LogP contribution in [0.2, 0.25) is 0 Å². The summed E-state index contributed by atoms with van der Waals surface area (Å²) in [6, 6.07) is 29.9. The molecule has 3 rings (SSSR count). The Morgan fingerprint density at radius 3 is 1.36 bits per heavy atom. The third-order valence-corrected chi connectivity index (χ3v) is 3.42. The van der Waals surface area contributed by atoms with E-state index in [1.165, 1.54) is 22.3 Å². The van der Waals surface area contributed by atoms with Crippen LogP contribution < -0.4 is 0 Å². The minimum absolute atomic E-state index is 1.19. The van der Waals surface area contributed by atoms with Gasteiger partial charge >= 0.3 is 0 Å². The number of benzene rings is 3. The summed E-state index contributed by atoms with van der Waals surface area (Å²) in [5, 5.41) is 0. The second-order valence-electron chi connectivity index (χ2n) is 5.08. The van der Waals surface area contributed by atoms with Crippen LogP contribution in [0.4, 0.5) is 0 Å². The molecule has 0 aliphatic heterocycles. The van der Waals surface area contributed by atoms with E-state index >= 15 is 0 Å². The summed E-state index contributed by atoms with van der Waals surface area (Å²) in [6.45, 7) is 0. The molecule has 0 aromatic heterocycles. The van der Waals surface area contributed by atoms with E-state index in [0.29, 0.717) is 0 Å². The molecule has 0 heterocycles. The molecule has 0 N–H and O–H groups in total. The molecular formula is C22H17. The Balaban J connectivity index is 1.68. The fourth-order valence-electron chi connectivity index (χ4n) is 2.18. The maximum atomic E-state index is 3.02. The molecule has 22 heavy (non-hydrogen) atoms. The maximum Gasteiger partial charge on any atom is -0.0184 e. The van der Waals surface area contributed by atoms with Crippen molar-refractivity contribution in [2.45, 2.75) is 0 Å². The molecule has 0 heteroatoms. The van der Waals surface area contributed by atoms with Crippen LogP contribution in [0.25, 0.3) is 24.3 Å². The van der Waals surface area contributed by atoms with Gasteiger partial charge in [-0.1, -0.05) is 103 Å². The van der Waals surface area contributed by atoms with Crippen molar-refractivity contribution in [2.24, 2.45) is 0 Å². The lowest BCUT2D eigenvalue weighted by Gasteiger charge is -1.97. The fraction of sp³-hybridized carbons (Fsp3) is 0. The summed E-state index contributed by atoms with van der Waals surface area (Å²) in [5.41, 5.74) is 4.80. The SMILES string of the molecule is [c]1ccc(C=Cc2ccc(C=Cc3ccccc3)cc2)cc1. The van der Waals surface area contributed by atoms with E-state index in [9.17, 15) is 0 Å². The quantitative estimate of drug-likeness (QED) is 0.528. The van der Waals surface area contributed by atoms with Gasteiger partial charge in [0.15, 0.2) is 0 Å². The lowest BCUT2D eigenvalue weighted by molar-refractivity contribution is 1.61. The molecule has 0 saturated heterocycles. The zero-order valence-electron chi connectivity index (χ0n) is 12.3. The predicted octanol–water partition coefficient (Wildman–Crippen LogP) is 5.83. The third kappa shape index (κ3) is 4.07.